The molecule has 0 spiro atoms. The van der Waals surface area contributed by atoms with Crippen LogP contribution in [0.15, 0.2) is 57.9 Å². The van der Waals surface area contributed by atoms with Crippen LogP contribution in [0.2, 0.25) is 0 Å². The molecule has 0 bridgehead atoms. The number of carboxylic acids is 1. The summed E-state index contributed by atoms with van der Waals surface area (Å²) in [5.41, 5.74) is 2.98. The van der Waals surface area contributed by atoms with Crippen LogP contribution < -0.4 is 0 Å². The van der Waals surface area contributed by atoms with Crippen LogP contribution in [0.3, 0.4) is 0 Å². The second-order valence-corrected chi connectivity index (χ2v) is 8.49. The third-order valence-electron chi connectivity index (χ3n) is 3.90. The number of nitrogens with zero attached hydrogens (tertiary/aromatic N) is 2. The van der Waals surface area contributed by atoms with Crippen molar-refractivity contribution in [2.45, 2.75) is 28.9 Å². The molecule has 0 aliphatic heterocycles. The summed E-state index contributed by atoms with van der Waals surface area (Å²) in [5, 5.41) is 20.4. The summed E-state index contributed by atoms with van der Waals surface area (Å²) in [4.78, 5) is 26.8. The van der Waals surface area contributed by atoms with Gasteiger partial charge in [0.05, 0.1) is 4.92 Å². The zero-order valence-corrected chi connectivity index (χ0v) is 16.2. The molecule has 0 aliphatic rings. The first kappa shape index (κ1) is 19.1. The molecule has 1 aromatic carbocycles. The zero-order valence-electron chi connectivity index (χ0n) is 14.6. The van der Waals surface area contributed by atoms with Crippen LogP contribution in [0, 0.1) is 10.1 Å². The highest BCUT2D eigenvalue weighted by Gasteiger charge is 2.23. The lowest BCUT2D eigenvalue weighted by atomic mass is 9.93. The highest BCUT2D eigenvalue weighted by molar-refractivity contribution is 8.01. The maximum atomic E-state index is 11.2. The Kier molecular flexibility index (Phi) is 5.57. The van der Waals surface area contributed by atoms with Gasteiger partial charge in [-0.2, -0.15) is 0 Å². The largest absolute Gasteiger partial charge is 0.477 e. The number of nitro groups is 1. The summed E-state index contributed by atoms with van der Waals surface area (Å²) in [5.74, 6) is -0.832. The van der Waals surface area contributed by atoms with E-state index in [1.54, 1.807) is 12.4 Å². The summed E-state index contributed by atoms with van der Waals surface area (Å²) < 4.78 is 0.327. The Hall–Kier alpha value is -2.71. The monoisotopic (exact) mass is 400 g/mol. The highest BCUT2D eigenvalue weighted by atomic mass is 32.2. The lowest BCUT2D eigenvalue weighted by Crippen LogP contribution is -1.92. The molecule has 27 heavy (non-hydrogen) atoms. The van der Waals surface area contributed by atoms with Crippen molar-refractivity contribution in [2.24, 2.45) is 0 Å². The van der Waals surface area contributed by atoms with Gasteiger partial charge in [0, 0.05) is 28.9 Å². The lowest BCUT2D eigenvalue weighted by Gasteiger charge is -2.13. The lowest BCUT2D eigenvalue weighted by molar-refractivity contribution is -0.387. The fourth-order valence-electron chi connectivity index (χ4n) is 2.66. The second-order valence-electron chi connectivity index (χ2n) is 6.10. The van der Waals surface area contributed by atoms with E-state index in [2.05, 4.69) is 24.9 Å². The summed E-state index contributed by atoms with van der Waals surface area (Å²) in [7, 11) is 0. The Balaban J connectivity index is 1.99. The Bertz CT molecular complexity index is 1010. The Morgan fingerprint density at radius 1 is 1.26 bits per heavy atom. The van der Waals surface area contributed by atoms with Crippen molar-refractivity contribution in [3.8, 4) is 11.1 Å². The van der Waals surface area contributed by atoms with E-state index < -0.39 is 10.9 Å². The van der Waals surface area contributed by atoms with Crippen LogP contribution >= 0.6 is 23.1 Å². The molecule has 3 rings (SSSR count). The Morgan fingerprint density at radius 2 is 2.00 bits per heavy atom. The molecule has 0 saturated carbocycles. The predicted molar refractivity (Wildman–Crippen MR) is 106 cm³/mol. The number of aromatic carboxylic acids is 1. The van der Waals surface area contributed by atoms with Crippen molar-refractivity contribution in [1.29, 1.82) is 0 Å². The third-order valence-corrected chi connectivity index (χ3v) is 6.17. The zero-order chi connectivity index (χ0) is 19.6. The SMILES string of the molecule is CC(C)c1ccccc1-c1cncc(Sc2sc(C(=O)O)cc2[N+](=O)[O-])c1. The minimum atomic E-state index is -1.17. The van der Waals surface area contributed by atoms with Crippen LogP contribution in [-0.4, -0.2) is 21.0 Å². The average Bonchev–Trinajstić information content (AvgIpc) is 3.06. The van der Waals surface area contributed by atoms with Crippen molar-refractivity contribution in [1.82, 2.24) is 4.98 Å². The smallest absolute Gasteiger partial charge is 0.346 e. The molecule has 8 heteroatoms. The summed E-state index contributed by atoms with van der Waals surface area (Å²) >= 11 is 2.05. The normalized spacial score (nSPS) is 10.9. The van der Waals surface area contributed by atoms with E-state index in [0.717, 1.165) is 40.3 Å². The molecular weight excluding hydrogens is 384 g/mol. The van der Waals surface area contributed by atoms with E-state index in [1.165, 1.54) is 5.56 Å². The van der Waals surface area contributed by atoms with Gasteiger partial charge in [0.25, 0.3) is 5.69 Å². The maximum Gasteiger partial charge on any atom is 0.346 e. The third kappa shape index (κ3) is 4.17. The molecular formula is C19H16N2O4S2. The van der Waals surface area contributed by atoms with Gasteiger partial charge < -0.3 is 5.11 Å². The number of thiophene rings is 1. The van der Waals surface area contributed by atoms with Crippen molar-refractivity contribution >= 4 is 34.8 Å². The summed E-state index contributed by atoms with van der Waals surface area (Å²) in [6.45, 7) is 4.24. The summed E-state index contributed by atoms with van der Waals surface area (Å²) in [6, 6.07) is 11.1. The number of carbonyl (C=O) groups is 1. The second kappa shape index (κ2) is 7.89. The molecule has 2 heterocycles. The predicted octanol–water partition coefficient (Wildman–Crippen LogP) is 5.69. The van der Waals surface area contributed by atoms with Gasteiger partial charge in [0.2, 0.25) is 0 Å². The molecule has 0 unspecified atom stereocenters. The van der Waals surface area contributed by atoms with Gasteiger partial charge in [-0.15, -0.1) is 11.3 Å². The quantitative estimate of drug-likeness (QED) is 0.422. The molecule has 1 N–H and O–H groups in total. The number of carboxylic acid groups (broad SMARTS) is 1. The van der Waals surface area contributed by atoms with Gasteiger partial charge in [-0.1, -0.05) is 49.9 Å². The van der Waals surface area contributed by atoms with Crippen LogP contribution in [-0.2, 0) is 0 Å². The topological polar surface area (TPSA) is 93.3 Å². The number of aromatic nitrogens is 1. The van der Waals surface area contributed by atoms with E-state index >= 15 is 0 Å². The number of hydrogen-bond donors (Lipinski definition) is 1. The maximum absolute atomic E-state index is 11.2. The fraction of sp³-hybridized carbons (Fsp3) is 0.158. The molecule has 0 aliphatic carbocycles. The van der Waals surface area contributed by atoms with Crippen LogP contribution in [0.25, 0.3) is 11.1 Å². The number of benzene rings is 1. The van der Waals surface area contributed by atoms with E-state index in [1.807, 2.05) is 24.3 Å². The molecule has 0 saturated heterocycles. The molecule has 0 atom stereocenters. The molecule has 0 amide bonds. The Labute approximate surface area is 164 Å². The van der Waals surface area contributed by atoms with E-state index in [0.29, 0.717) is 15.0 Å². The van der Waals surface area contributed by atoms with Crippen LogP contribution in [0.1, 0.15) is 35.0 Å². The average molecular weight is 400 g/mol. The first-order valence-corrected chi connectivity index (χ1v) is 9.74. The Morgan fingerprint density at radius 3 is 2.67 bits per heavy atom. The fourth-order valence-corrected chi connectivity index (χ4v) is 4.83. The van der Waals surface area contributed by atoms with Gasteiger partial charge in [-0.25, -0.2) is 4.79 Å². The van der Waals surface area contributed by atoms with Crippen molar-refractivity contribution in [3.05, 3.63) is 69.3 Å². The highest BCUT2D eigenvalue weighted by Crippen LogP contribution is 2.42. The molecule has 0 fully saturated rings. The minimum absolute atomic E-state index is 0.0570. The molecule has 6 nitrogen and oxygen atoms in total. The first-order chi connectivity index (χ1) is 12.9. The first-order valence-electron chi connectivity index (χ1n) is 8.10. The van der Waals surface area contributed by atoms with Gasteiger partial charge in [-0.05, 0) is 23.1 Å². The van der Waals surface area contributed by atoms with Gasteiger partial charge in [0.1, 0.15) is 9.09 Å². The van der Waals surface area contributed by atoms with Crippen molar-refractivity contribution in [2.75, 3.05) is 0 Å². The van der Waals surface area contributed by atoms with E-state index in [-0.39, 0.29) is 10.6 Å². The molecule has 0 radical (unpaired) electrons. The minimum Gasteiger partial charge on any atom is -0.477 e. The van der Waals surface area contributed by atoms with Gasteiger partial charge >= 0.3 is 5.97 Å². The van der Waals surface area contributed by atoms with Crippen molar-refractivity contribution < 1.29 is 14.8 Å². The number of hydrogen-bond acceptors (Lipinski definition) is 6. The van der Waals surface area contributed by atoms with Crippen molar-refractivity contribution in [3.63, 3.8) is 0 Å². The molecule has 2 aromatic heterocycles. The number of pyridine rings is 1. The summed E-state index contributed by atoms with van der Waals surface area (Å²) in [6.07, 6.45) is 3.38. The standard InChI is InChI=1S/C19H16N2O4S2/c1-11(2)14-5-3-4-6-15(14)12-7-13(10-20-9-12)26-19-16(21(24)25)8-17(27-19)18(22)23/h3-11H,1-2H3,(H,22,23). The van der Waals surface area contributed by atoms with E-state index in [9.17, 15) is 14.9 Å². The number of rotatable bonds is 6. The molecule has 3 aromatic rings. The van der Waals surface area contributed by atoms with Gasteiger partial charge in [0.15, 0.2) is 0 Å². The van der Waals surface area contributed by atoms with Crippen LogP contribution in [0.5, 0.6) is 0 Å². The molecule has 138 valence electrons. The van der Waals surface area contributed by atoms with Crippen LogP contribution in [0.4, 0.5) is 5.69 Å². The van der Waals surface area contributed by atoms with E-state index in [4.69, 9.17) is 5.11 Å². The van der Waals surface area contributed by atoms with Gasteiger partial charge in [-0.3, -0.25) is 15.1 Å².